The predicted molar refractivity (Wildman–Crippen MR) is 100 cm³/mol. The third-order valence-corrected chi connectivity index (χ3v) is 4.58. The topological polar surface area (TPSA) is 57.2 Å². The van der Waals surface area contributed by atoms with E-state index in [0.29, 0.717) is 39.5 Å². The van der Waals surface area contributed by atoms with E-state index in [1.165, 1.54) is 24.3 Å². The Hall–Kier alpha value is -3.48. The minimum atomic E-state index is -2.91. The lowest BCUT2D eigenvalue weighted by molar-refractivity contribution is -0.0498. The van der Waals surface area contributed by atoms with Gasteiger partial charge in [0.25, 0.3) is 0 Å². The quantitative estimate of drug-likeness (QED) is 0.543. The van der Waals surface area contributed by atoms with E-state index in [1.807, 2.05) is 4.57 Å². The number of amides is 1. The highest BCUT2D eigenvalue weighted by Crippen LogP contribution is 2.33. The summed E-state index contributed by atoms with van der Waals surface area (Å²) in [4.78, 5) is 11.9. The average molecular weight is 384 g/mol. The molecule has 28 heavy (non-hydrogen) atoms. The van der Waals surface area contributed by atoms with Gasteiger partial charge in [0.05, 0.1) is 5.52 Å². The van der Waals surface area contributed by atoms with E-state index in [4.69, 9.17) is 5.73 Å². The van der Waals surface area contributed by atoms with Crippen molar-refractivity contribution in [1.29, 1.82) is 0 Å². The van der Waals surface area contributed by atoms with Gasteiger partial charge < -0.3 is 15.0 Å². The molecule has 3 aromatic carbocycles. The number of alkyl halides is 2. The minimum absolute atomic E-state index is 0.0529. The smallest absolute Gasteiger partial charge is 0.387 e. The molecule has 0 aliphatic rings. The maximum absolute atomic E-state index is 13.9. The van der Waals surface area contributed by atoms with E-state index in [9.17, 15) is 18.0 Å². The molecule has 2 N–H and O–H groups in total. The lowest BCUT2D eigenvalue weighted by atomic mass is 10.1. The van der Waals surface area contributed by atoms with Gasteiger partial charge >= 0.3 is 6.61 Å². The molecular formula is C21H15F3N2O2. The molecule has 142 valence electrons. The fraction of sp³-hybridized carbons (Fsp3) is 0.0952. The Kier molecular flexibility index (Phi) is 4.43. The summed E-state index contributed by atoms with van der Waals surface area (Å²) in [5.74, 6) is -0.989. The van der Waals surface area contributed by atoms with Crippen LogP contribution in [-0.4, -0.2) is 17.1 Å². The fourth-order valence-corrected chi connectivity index (χ4v) is 3.50. The van der Waals surface area contributed by atoms with Gasteiger partial charge in [-0.3, -0.25) is 4.79 Å². The molecule has 0 aliphatic carbocycles. The molecule has 4 rings (SSSR count). The molecule has 1 aromatic heterocycles. The van der Waals surface area contributed by atoms with Gasteiger partial charge in [0.1, 0.15) is 11.6 Å². The van der Waals surface area contributed by atoms with Crippen molar-refractivity contribution in [2.45, 2.75) is 13.2 Å². The van der Waals surface area contributed by atoms with Crippen LogP contribution in [0.25, 0.3) is 21.8 Å². The molecule has 0 saturated heterocycles. The first-order chi connectivity index (χ1) is 13.4. The van der Waals surface area contributed by atoms with Crippen molar-refractivity contribution < 1.29 is 22.7 Å². The second-order valence-electron chi connectivity index (χ2n) is 6.34. The van der Waals surface area contributed by atoms with Crippen LogP contribution in [0.2, 0.25) is 0 Å². The van der Waals surface area contributed by atoms with Gasteiger partial charge in [-0.2, -0.15) is 8.78 Å². The van der Waals surface area contributed by atoms with Gasteiger partial charge in [-0.05, 0) is 48.0 Å². The molecule has 0 radical (unpaired) electrons. The summed E-state index contributed by atoms with van der Waals surface area (Å²) in [6, 6.07) is 15.8. The lowest BCUT2D eigenvalue weighted by Crippen LogP contribution is -2.11. The van der Waals surface area contributed by atoms with Gasteiger partial charge in [-0.1, -0.05) is 18.2 Å². The highest BCUT2D eigenvalue weighted by molar-refractivity contribution is 6.17. The van der Waals surface area contributed by atoms with Crippen molar-refractivity contribution in [3.05, 3.63) is 77.6 Å². The van der Waals surface area contributed by atoms with Crippen LogP contribution in [0.15, 0.2) is 60.7 Å². The minimum Gasteiger partial charge on any atom is -0.435 e. The number of hydrogen-bond donors (Lipinski definition) is 1. The molecule has 0 atom stereocenters. The monoisotopic (exact) mass is 384 g/mol. The average Bonchev–Trinajstić information content (AvgIpc) is 2.94. The normalized spacial score (nSPS) is 11.4. The number of ether oxygens (including phenoxy) is 1. The number of rotatable bonds is 5. The van der Waals surface area contributed by atoms with Gasteiger partial charge in [0.15, 0.2) is 0 Å². The lowest BCUT2D eigenvalue weighted by Gasteiger charge is -2.10. The summed E-state index contributed by atoms with van der Waals surface area (Å²) in [5.41, 5.74) is 7.91. The summed E-state index contributed by atoms with van der Waals surface area (Å²) in [7, 11) is 0. The number of primary amides is 1. The molecule has 0 saturated carbocycles. The number of aromatic nitrogens is 1. The van der Waals surface area contributed by atoms with Crippen LogP contribution in [0.4, 0.5) is 13.2 Å². The summed E-state index contributed by atoms with van der Waals surface area (Å²) >= 11 is 0. The maximum Gasteiger partial charge on any atom is 0.387 e. The van der Waals surface area contributed by atoms with Crippen molar-refractivity contribution >= 4 is 27.7 Å². The fourth-order valence-electron chi connectivity index (χ4n) is 3.50. The molecule has 7 heteroatoms. The number of carbonyl (C=O) groups is 1. The van der Waals surface area contributed by atoms with Crippen molar-refractivity contribution in [1.82, 2.24) is 4.57 Å². The van der Waals surface area contributed by atoms with Crippen molar-refractivity contribution in [2.24, 2.45) is 5.73 Å². The number of hydrogen-bond acceptors (Lipinski definition) is 2. The van der Waals surface area contributed by atoms with Gasteiger partial charge in [0.2, 0.25) is 5.91 Å². The van der Waals surface area contributed by atoms with Crippen LogP contribution in [0.5, 0.6) is 5.75 Å². The van der Waals surface area contributed by atoms with Gasteiger partial charge in [-0.25, -0.2) is 4.39 Å². The zero-order valence-corrected chi connectivity index (χ0v) is 14.5. The van der Waals surface area contributed by atoms with Gasteiger partial charge in [-0.15, -0.1) is 0 Å². The number of fused-ring (bicyclic) bond motifs is 3. The zero-order valence-electron chi connectivity index (χ0n) is 14.5. The van der Waals surface area contributed by atoms with Crippen LogP contribution in [0.1, 0.15) is 15.9 Å². The molecule has 4 aromatic rings. The third-order valence-electron chi connectivity index (χ3n) is 4.58. The summed E-state index contributed by atoms with van der Waals surface area (Å²) in [6.07, 6.45) is 0. The molecule has 0 spiro atoms. The molecular weight excluding hydrogens is 369 g/mol. The first-order valence-electron chi connectivity index (χ1n) is 8.48. The van der Waals surface area contributed by atoms with E-state index >= 15 is 0 Å². The Morgan fingerprint density at radius 3 is 2.57 bits per heavy atom. The van der Waals surface area contributed by atoms with Crippen LogP contribution < -0.4 is 10.5 Å². The summed E-state index contributed by atoms with van der Waals surface area (Å²) < 4.78 is 45.2. The largest absolute Gasteiger partial charge is 0.435 e. The van der Waals surface area contributed by atoms with E-state index in [1.54, 1.807) is 36.4 Å². The molecule has 0 aliphatic heterocycles. The maximum atomic E-state index is 13.9. The molecule has 0 fully saturated rings. The van der Waals surface area contributed by atoms with Crippen molar-refractivity contribution in [3.63, 3.8) is 0 Å². The Morgan fingerprint density at radius 2 is 1.82 bits per heavy atom. The molecule has 1 amide bonds. The van der Waals surface area contributed by atoms with Crippen LogP contribution in [0.3, 0.4) is 0 Å². The summed E-state index contributed by atoms with van der Waals surface area (Å²) in [6.45, 7) is -2.60. The standard InChI is InChI=1S/C21H15F3N2O2/c22-13-7-8-17-16(10-13)19-15(20(25)27)5-2-6-18(19)26(17)11-12-3-1-4-14(9-12)28-21(23)24/h1-10,21H,11H2,(H2,25,27). The number of benzene rings is 3. The van der Waals surface area contributed by atoms with E-state index < -0.39 is 18.3 Å². The molecule has 4 nitrogen and oxygen atoms in total. The van der Waals surface area contributed by atoms with Crippen molar-refractivity contribution in [3.8, 4) is 5.75 Å². The van der Waals surface area contributed by atoms with E-state index in [0.717, 1.165) is 0 Å². The summed E-state index contributed by atoms with van der Waals surface area (Å²) in [5, 5.41) is 1.12. The number of nitrogens with two attached hydrogens (primary N) is 1. The Balaban J connectivity index is 1.92. The van der Waals surface area contributed by atoms with E-state index in [2.05, 4.69) is 4.74 Å². The number of halogens is 3. The SMILES string of the molecule is NC(=O)c1cccc2c1c1cc(F)ccc1n2Cc1cccc(OC(F)F)c1. The van der Waals surface area contributed by atoms with Crippen LogP contribution >= 0.6 is 0 Å². The second-order valence-corrected chi connectivity index (χ2v) is 6.34. The zero-order chi connectivity index (χ0) is 19.8. The molecule has 0 bridgehead atoms. The highest BCUT2D eigenvalue weighted by atomic mass is 19.3. The molecule has 1 heterocycles. The third kappa shape index (κ3) is 3.15. The Morgan fingerprint density at radius 1 is 1.04 bits per heavy atom. The van der Waals surface area contributed by atoms with Crippen LogP contribution in [0, 0.1) is 5.82 Å². The first-order valence-corrected chi connectivity index (χ1v) is 8.48. The number of nitrogens with zero attached hydrogens (tertiary/aromatic N) is 1. The van der Waals surface area contributed by atoms with E-state index in [-0.39, 0.29) is 5.75 Å². The second kappa shape index (κ2) is 6.92. The van der Waals surface area contributed by atoms with Crippen LogP contribution in [-0.2, 0) is 6.54 Å². The van der Waals surface area contributed by atoms with Gasteiger partial charge in [0, 0.05) is 28.4 Å². The highest BCUT2D eigenvalue weighted by Gasteiger charge is 2.17. The Bertz CT molecular complexity index is 1200. The Labute approximate surface area is 157 Å². The number of carbonyl (C=O) groups excluding carboxylic acids is 1. The molecule has 0 unspecified atom stereocenters. The van der Waals surface area contributed by atoms with Crippen molar-refractivity contribution in [2.75, 3.05) is 0 Å². The first kappa shape index (κ1) is 17.9. The predicted octanol–water partition coefficient (Wildman–Crippen LogP) is 4.68.